The van der Waals surface area contributed by atoms with Crippen LogP contribution in [0, 0.1) is 0 Å². The number of halogens is 1. The average Bonchev–Trinajstić information content (AvgIpc) is 2.80. The van der Waals surface area contributed by atoms with E-state index in [0.29, 0.717) is 0 Å². The van der Waals surface area contributed by atoms with E-state index in [0.717, 1.165) is 47.6 Å². The lowest BCUT2D eigenvalue weighted by atomic mass is 10.2. The molecule has 0 saturated heterocycles. The van der Waals surface area contributed by atoms with Gasteiger partial charge in [-0.1, -0.05) is 13.0 Å². The number of aromatic nitrogens is 2. The third kappa shape index (κ3) is 3.40. The van der Waals surface area contributed by atoms with Gasteiger partial charge in [0.25, 0.3) is 0 Å². The van der Waals surface area contributed by atoms with Crippen molar-refractivity contribution in [2.24, 2.45) is 0 Å². The second-order valence-electron chi connectivity index (χ2n) is 4.99. The normalized spacial score (nSPS) is 10.9. The molecule has 114 valence electrons. The van der Waals surface area contributed by atoms with Crippen LogP contribution in [0.3, 0.4) is 0 Å². The molecule has 0 radical (unpaired) electrons. The highest BCUT2D eigenvalue weighted by atomic mass is 79.9. The molecule has 0 amide bonds. The van der Waals surface area contributed by atoms with Gasteiger partial charge in [-0.3, -0.25) is 4.68 Å². The standard InChI is InChI=1S/C16H23BrN4/c1-4-14-16(17)15(21(6-3)19-14)11-20(5-2)13-9-7-8-12(18)10-13/h7-10H,4-6,11,18H2,1-3H3. The number of hydrogen-bond acceptors (Lipinski definition) is 3. The van der Waals surface area contributed by atoms with Gasteiger partial charge in [0.15, 0.2) is 0 Å². The molecule has 2 rings (SSSR count). The van der Waals surface area contributed by atoms with Crippen LogP contribution in [-0.4, -0.2) is 16.3 Å². The van der Waals surface area contributed by atoms with E-state index < -0.39 is 0 Å². The molecule has 0 atom stereocenters. The zero-order valence-electron chi connectivity index (χ0n) is 12.9. The van der Waals surface area contributed by atoms with E-state index in [1.807, 2.05) is 18.2 Å². The van der Waals surface area contributed by atoms with Crippen molar-refractivity contribution in [3.05, 3.63) is 40.1 Å². The lowest BCUT2D eigenvalue weighted by Crippen LogP contribution is -2.24. The Balaban J connectivity index is 2.32. The third-order valence-corrected chi connectivity index (χ3v) is 4.57. The first-order valence-corrected chi connectivity index (χ1v) is 8.24. The summed E-state index contributed by atoms with van der Waals surface area (Å²) in [4.78, 5) is 2.31. The topological polar surface area (TPSA) is 47.1 Å². The van der Waals surface area contributed by atoms with Crippen LogP contribution >= 0.6 is 15.9 Å². The molecule has 0 spiro atoms. The van der Waals surface area contributed by atoms with Crippen molar-refractivity contribution in [1.82, 2.24) is 9.78 Å². The van der Waals surface area contributed by atoms with E-state index in [1.165, 1.54) is 5.69 Å². The van der Waals surface area contributed by atoms with Gasteiger partial charge in [0.1, 0.15) is 0 Å². The van der Waals surface area contributed by atoms with Crippen LogP contribution in [0.25, 0.3) is 0 Å². The Bertz CT molecular complexity index is 606. The number of nitrogens with two attached hydrogens (primary N) is 1. The molecule has 0 aliphatic rings. The molecule has 0 aliphatic carbocycles. The number of rotatable bonds is 6. The predicted octanol–water partition coefficient (Wildman–Crippen LogP) is 3.84. The summed E-state index contributed by atoms with van der Waals surface area (Å²) >= 11 is 3.71. The summed E-state index contributed by atoms with van der Waals surface area (Å²) < 4.78 is 3.21. The summed E-state index contributed by atoms with van der Waals surface area (Å²) in [7, 11) is 0. The van der Waals surface area contributed by atoms with E-state index in [9.17, 15) is 0 Å². The molecular weight excluding hydrogens is 328 g/mol. The monoisotopic (exact) mass is 350 g/mol. The number of nitrogens with zero attached hydrogens (tertiary/aromatic N) is 3. The molecule has 21 heavy (non-hydrogen) atoms. The van der Waals surface area contributed by atoms with Gasteiger partial charge in [-0.05, 0) is 54.4 Å². The molecule has 0 bridgehead atoms. The maximum Gasteiger partial charge on any atom is 0.0767 e. The van der Waals surface area contributed by atoms with Crippen LogP contribution in [0.2, 0.25) is 0 Å². The first kappa shape index (κ1) is 15.9. The first-order chi connectivity index (χ1) is 10.1. The van der Waals surface area contributed by atoms with Crippen LogP contribution in [0.1, 0.15) is 32.2 Å². The Kier molecular flexibility index (Phi) is 5.28. The van der Waals surface area contributed by atoms with Crippen LogP contribution in [0.5, 0.6) is 0 Å². The Morgan fingerprint density at radius 3 is 2.62 bits per heavy atom. The van der Waals surface area contributed by atoms with Crippen LogP contribution in [0.15, 0.2) is 28.7 Å². The van der Waals surface area contributed by atoms with E-state index in [1.54, 1.807) is 0 Å². The molecule has 0 unspecified atom stereocenters. The number of aryl methyl sites for hydroxylation is 2. The molecule has 0 saturated carbocycles. The number of anilines is 2. The van der Waals surface area contributed by atoms with Gasteiger partial charge in [-0.2, -0.15) is 5.10 Å². The van der Waals surface area contributed by atoms with Gasteiger partial charge in [0, 0.05) is 24.5 Å². The van der Waals surface area contributed by atoms with E-state index in [4.69, 9.17) is 5.73 Å². The molecule has 2 aromatic rings. The largest absolute Gasteiger partial charge is 0.399 e. The van der Waals surface area contributed by atoms with Gasteiger partial charge in [0.05, 0.1) is 22.4 Å². The SMILES string of the molecule is CCc1nn(CC)c(CN(CC)c2cccc(N)c2)c1Br. The van der Waals surface area contributed by atoms with Crippen molar-refractivity contribution in [3.8, 4) is 0 Å². The van der Waals surface area contributed by atoms with E-state index in [-0.39, 0.29) is 0 Å². The van der Waals surface area contributed by atoms with Crippen molar-refractivity contribution in [3.63, 3.8) is 0 Å². The Hall–Kier alpha value is -1.49. The highest BCUT2D eigenvalue weighted by Gasteiger charge is 2.16. The minimum absolute atomic E-state index is 0.795. The quantitative estimate of drug-likeness (QED) is 0.805. The summed E-state index contributed by atoms with van der Waals surface area (Å²) in [5, 5.41) is 4.66. The van der Waals surface area contributed by atoms with Gasteiger partial charge in [0.2, 0.25) is 0 Å². The third-order valence-electron chi connectivity index (χ3n) is 3.65. The maximum absolute atomic E-state index is 5.90. The van der Waals surface area contributed by atoms with Crippen LogP contribution in [-0.2, 0) is 19.5 Å². The maximum atomic E-state index is 5.90. The smallest absolute Gasteiger partial charge is 0.0767 e. The predicted molar refractivity (Wildman–Crippen MR) is 92.6 cm³/mol. The van der Waals surface area contributed by atoms with E-state index >= 15 is 0 Å². The Morgan fingerprint density at radius 2 is 2.05 bits per heavy atom. The number of nitrogen functional groups attached to an aromatic ring is 1. The minimum atomic E-state index is 0.795. The molecule has 1 heterocycles. The molecule has 1 aromatic carbocycles. The first-order valence-electron chi connectivity index (χ1n) is 7.45. The van der Waals surface area contributed by atoms with Crippen molar-refractivity contribution in [1.29, 1.82) is 0 Å². The molecule has 0 fully saturated rings. The molecular formula is C16H23BrN4. The fourth-order valence-electron chi connectivity index (χ4n) is 2.46. The van der Waals surface area contributed by atoms with Crippen molar-refractivity contribution in [2.75, 3.05) is 17.2 Å². The summed E-state index contributed by atoms with van der Waals surface area (Å²) in [6, 6.07) is 8.03. The molecule has 4 nitrogen and oxygen atoms in total. The zero-order valence-corrected chi connectivity index (χ0v) is 14.5. The molecule has 0 aliphatic heterocycles. The van der Waals surface area contributed by atoms with Crippen molar-refractivity contribution in [2.45, 2.75) is 40.3 Å². The summed E-state index contributed by atoms with van der Waals surface area (Å²) in [6.45, 7) is 9.03. The molecule has 1 aromatic heterocycles. The highest BCUT2D eigenvalue weighted by molar-refractivity contribution is 9.10. The van der Waals surface area contributed by atoms with Gasteiger partial charge in [-0.25, -0.2) is 0 Å². The lowest BCUT2D eigenvalue weighted by Gasteiger charge is -2.24. The van der Waals surface area contributed by atoms with Crippen LogP contribution in [0.4, 0.5) is 11.4 Å². The zero-order chi connectivity index (χ0) is 15.4. The van der Waals surface area contributed by atoms with E-state index in [2.05, 4.69) is 57.4 Å². The molecule has 5 heteroatoms. The Morgan fingerprint density at radius 1 is 1.29 bits per heavy atom. The minimum Gasteiger partial charge on any atom is -0.399 e. The lowest BCUT2D eigenvalue weighted by molar-refractivity contribution is 0.604. The second-order valence-corrected chi connectivity index (χ2v) is 5.78. The van der Waals surface area contributed by atoms with Gasteiger partial charge < -0.3 is 10.6 Å². The Labute approximate surface area is 135 Å². The highest BCUT2D eigenvalue weighted by Crippen LogP contribution is 2.26. The van der Waals surface area contributed by atoms with Gasteiger partial charge in [-0.15, -0.1) is 0 Å². The number of benzene rings is 1. The summed E-state index contributed by atoms with van der Waals surface area (Å²) in [5.74, 6) is 0. The summed E-state index contributed by atoms with van der Waals surface area (Å²) in [6.07, 6.45) is 0.936. The van der Waals surface area contributed by atoms with Crippen molar-refractivity contribution < 1.29 is 0 Å². The fourth-order valence-corrected chi connectivity index (χ4v) is 3.15. The average molecular weight is 351 g/mol. The second kappa shape index (κ2) is 6.98. The van der Waals surface area contributed by atoms with Crippen LogP contribution < -0.4 is 10.6 Å². The van der Waals surface area contributed by atoms with Crippen molar-refractivity contribution >= 4 is 27.3 Å². The summed E-state index contributed by atoms with van der Waals surface area (Å²) in [5.41, 5.74) is 10.2. The molecule has 2 N–H and O–H groups in total. The fraction of sp³-hybridized carbons (Fsp3) is 0.438. The van der Waals surface area contributed by atoms with Gasteiger partial charge >= 0.3 is 0 Å². The number of hydrogen-bond donors (Lipinski definition) is 1.